The Labute approximate surface area is 162 Å². The first kappa shape index (κ1) is 17.9. The normalized spacial score (nSPS) is 14.2. The van der Waals surface area contributed by atoms with Crippen molar-refractivity contribution in [1.82, 2.24) is 29.9 Å². The summed E-state index contributed by atoms with van der Waals surface area (Å²) >= 11 is 0. The van der Waals surface area contributed by atoms with Gasteiger partial charge in [0.25, 0.3) is 0 Å². The smallest absolute Gasteiger partial charge is 0.227 e. The van der Waals surface area contributed by atoms with Gasteiger partial charge in [0.1, 0.15) is 18.4 Å². The second-order valence-corrected chi connectivity index (χ2v) is 6.49. The maximum atomic E-state index is 12.6. The van der Waals surface area contributed by atoms with Crippen LogP contribution in [0.5, 0.6) is 5.75 Å². The molecule has 0 atom stereocenters. The van der Waals surface area contributed by atoms with Crippen molar-refractivity contribution in [3.63, 3.8) is 0 Å². The van der Waals surface area contributed by atoms with Gasteiger partial charge in [-0.2, -0.15) is 5.10 Å². The molecular weight excluding hydrogens is 358 g/mol. The van der Waals surface area contributed by atoms with E-state index in [-0.39, 0.29) is 5.91 Å². The number of carbonyl (C=O) groups is 1. The molecule has 1 saturated heterocycles. The fourth-order valence-electron chi connectivity index (χ4n) is 3.19. The van der Waals surface area contributed by atoms with Crippen molar-refractivity contribution in [2.24, 2.45) is 0 Å². The second-order valence-electron chi connectivity index (χ2n) is 6.49. The largest absolute Gasteiger partial charge is 0.497 e. The van der Waals surface area contributed by atoms with Crippen LogP contribution in [0.4, 0.5) is 5.82 Å². The Morgan fingerprint density at radius 2 is 1.86 bits per heavy atom. The van der Waals surface area contributed by atoms with Crippen molar-refractivity contribution in [2.75, 3.05) is 38.2 Å². The van der Waals surface area contributed by atoms with E-state index in [1.807, 2.05) is 41.3 Å². The highest BCUT2D eigenvalue weighted by Crippen LogP contribution is 2.16. The summed E-state index contributed by atoms with van der Waals surface area (Å²) in [5.74, 6) is 2.31. The highest BCUT2D eigenvalue weighted by Gasteiger charge is 2.22. The van der Waals surface area contributed by atoms with E-state index >= 15 is 0 Å². The molecule has 0 saturated carbocycles. The van der Waals surface area contributed by atoms with Crippen LogP contribution in [0.1, 0.15) is 5.56 Å². The zero-order valence-corrected chi connectivity index (χ0v) is 15.6. The number of anilines is 1. The lowest BCUT2D eigenvalue weighted by molar-refractivity contribution is -0.130. The molecule has 1 aliphatic rings. The first-order valence-electron chi connectivity index (χ1n) is 9.07. The molecule has 1 amide bonds. The number of nitrogens with zero attached hydrogens (tertiary/aromatic N) is 7. The van der Waals surface area contributed by atoms with Crippen LogP contribution in [0.15, 0.2) is 49.1 Å². The number of benzene rings is 1. The van der Waals surface area contributed by atoms with Crippen molar-refractivity contribution < 1.29 is 9.53 Å². The maximum Gasteiger partial charge on any atom is 0.227 e. The molecule has 0 aliphatic carbocycles. The summed E-state index contributed by atoms with van der Waals surface area (Å²) in [6.07, 6.45) is 3.41. The van der Waals surface area contributed by atoms with Crippen LogP contribution in [0, 0.1) is 0 Å². The van der Waals surface area contributed by atoms with Crippen molar-refractivity contribution in [3.8, 4) is 11.6 Å². The Balaban J connectivity index is 1.33. The van der Waals surface area contributed by atoms with Gasteiger partial charge < -0.3 is 14.5 Å². The second kappa shape index (κ2) is 8.03. The fourth-order valence-corrected chi connectivity index (χ4v) is 3.19. The molecule has 4 rings (SSSR count). The Hall–Kier alpha value is -3.49. The summed E-state index contributed by atoms with van der Waals surface area (Å²) in [6.45, 7) is 2.77. The van der Waals surface area contributed by atoms with Gasteiger partial charge in [-0.15, -0.1) is 10.2 Å². The fraction of sp³-hybridized carbons (Fsp3) is 0.316. The summed E-state index contributed by atoms with van der Waals surface area (Å²) in [7, 11) is 1.63. The Bertz CT molecular complexity index is 920. The summed E-state index contributed by atoms with van der Waals surface area (Å²) in [5.41, 5.74) is 0.960. The SMILES string of the molecule is COc1cccc(CC(=O)N2CCN(c3ccc(-n4cncn4)nn3)CC2)c1. The van der Waals surface area contributed by atoms with E-state index in [4.69, 9.17) is 4.74 Å². The molecule has 1 aromatic carbocycles. The van der Waals surface area contributed by atoms with Gasteiger partial charge in [-0.05, 0) is 29.8 Å². The Morgan fingerprint density at radius 1 is 1.07 bits per heavy atom. The average Bonchev–Trinajstić information content (AvgIpc) is 3.29. The van der Waals surface area contributed by atoms with E-state index in [1.165, 1.54) is 6.33 Å². The van der Waals surface area contributed by atoms with E-state index < -0.39 is 0 Å². The molecule has 1 aliphatic heterocycles. The highest BCUT2D eigenvalue weighted by atomic mass is 16.5. The molecule has 3 aromatic rings. The first-order valence-corrected chi connectivity index (χ1v) is 9.07. The van der Waals surface area contributed by atoms with Gasteiger partial charge in [0, 0.05) is 26.2 Å². The van der Waals surface area contributed by atoms with Gasteiger partial charge in [0.2, 0.25) is 5.91 Å². The highest BCUT2D eigenvalue weighted by molar-refractivity contribution is 5.79. The minimum atomic E-state index is 0.125. The van der Waals surface area contributed by atoms with E-state index in [2.05, 4.69) is 25.2 Å². The predicted octanol–water partition coefficient (Wildman–Crippen LogP) is 0.957. The number of rotatable bonds is 5. The van der Waals surface area contributed by atoms with Crippen molar-refractivity contribution >= 4 is 11.7 Å². The van der Waals surface area contributed by atoms with Gasteiger partial charge in [0.05, 0.1) is 13.5 Å². The van der Waals surface area contributed by atoms with Crippen LogP contribution in [0.25, 0.3) is 5.82 Å². The molecule has 9 nitrogen and oxygen atoms in total. The molecular formula is C19H21N7O2. The van der Waals surface area contributed by atoms with Crippen LogP contribution >= 0.6 is 0 Å². The third-order valence-corrected chi connectivity index (χ3v) is 4.74. The molecule has 0 radical (unpaired) electrons. The monoisotopic (exact) mass is 379 g/mol. The molecule has 144 valence electrons. The number of piperazine rings is 1. The summed E-state index contributed by atoms with van der Waals surface area (Å²) < 4.78 is 6.79. The van der Waals surface area contributed by atoms with Gasteiger partial charge in [-0.3, -0.25) is 4.79 Å². The summed E-state index contributed by atoms with van der Waals surface area (Å²) in [5, 5.41) is 12.5. The number of ether oxygens (including phenoxy) is 1. The number of hydrogen-bond acceptors (Lipinski definition) is 7. The number of aromatic nitrogens is 5. The zero-order valence-electron chi connectivity index (χ0n) is 15.6. The number of methoxy groups -OCH3 is 1. The van der Waals surface area contributed by atoms with Crippen molar-refractivity contribution in [3.05, 3.63) is 54.6 Å². The van der Waals surface area contributed by atoms with Crippen LogP contribution in [-0.2, 0) is 11.2 Å². The van der Waals surface area contributed by atoms with E-state index in [9.17, 15) is 4.79 Å². The predicted molar refractivity (Wildman–Crippen MR) is 102 cm³/mol. The molecule has 1 fully saturated rings. The molecule has 9 heteroatoms. The molecule has 0 N–H and O–H groups in total. The van der Waals surface area contributed by atoms with Crippen molar-refractivity contribution in [1.29, 1.82) is 0 Å². The van der Waals surface area contributed by atoms with E-state index in [1.54, 1.807) is 18.1 Å². The minimum Gasteiger partial charge on any atom is -0.497 e. The molecule has 0 unspecified atom stereocenters. The van der Waals surface area contributed by atoms with Gasteiger partial charge in [-0.25, -0.2) is 9.67 Å². The quantitative estimate of drug-likeness (QED) is 0.652. The average molecular weight is 379 g/mol. The minimum absolute atomic E-state index is 0.125. The number of carbonyl (C=O) groups excluding carboxylic acids is 1. The number of amides is 1. The Kier molecular flexibility index (Phi) is 5.14. The van der Waals surface area contributed by atoms with Gasteiger partial charge >= 0.3 is 0 Å². The van der Waals surface area contributed by atoms with E-state index in [0.29, 0.717) is 25.3 Å². The standard InChI is InChI=1S/C19H21N7O2/c1-28-16-4-2-3-15(11-16)12-19(27)25-9-7-24(8-10-25)17-5-6-18(23-22-17)26-14-20-13-21-26/h2-6,11,13-14H,7-10,12H2,1H3. The lowest BCUT2D eigenvalue weighted by Crippen LogP contribution is -2.49. The summed E-state index contributed by atoms with van der Waals surface area (Å²) in [6, 6.07) is 11.4. The lowest BCUT2D eigenvalue weighted by Gasteiger charge is -2.35. The zero-order chi connectivity index (χ0) is 19.3. The first-order chi connectivity index (χ1) is 13.7. The van der Waals surface area contributed by atoms with Gasteiger partial charge in [0.15, 0.2) is 11.6 Å². The third kappa shape index (κ3) is 3.93. The maximum absolute atomic E-state index is 12.6. The van der Waals surface area contributed by atoms with Crippen molar-refractivity contribution in [2.45, 2.75) is 6.42 Å². The summed E-state index contributed by atoms with van der Waals surface area (Å²) in [4.78, 5) is 20.5. The third-order valence-electron chi connectivity index (χ3n) is 4.74. The molecule has 0 spiro atoms. The topological polar surface area (TPSA) is 89.3 Å². The van der Waals surface area contributed by atoms with Crippen LogP contribution in [0.2, 0.25) is 0 Å². The van der Waals surface area contributed by atoms with Crippen LogP contribution < -0.4 is 9.64 Å². The van der Waals surface area contributed by atoms with Crippen LogP contribution in [0.3, 0.4) is 0 Å². The molecule has 0 bridgehead atoms. The van der Waals surface area contributed by atoms with E-state index in [0.717, 1.165) is 30.2 Å². The lowest BCUT2D eigenvalue weighted by atomic mass is 10.1. The van der Waals surface area contributed by atoms with Gasteiger partial charge in [-0.1, -0.05) is 12.1 Å². The molecule has 2 aromatic heterocycles. The Morgan fingerprint density at radius 3 is 2.54 bits per heavy atom. The molecule has 28 heavy (non-hydrogen) atoms. The van der Waals surface area contributed by atoms with Crippen LogP contribution in [-0.4, -0.2) is 69.1 Å². The molecule has 3 heterocycles. The number of hydrogen-bond donors (Lipinski definition) is 0.